The lowest BCUT2D eigenvalue weighted by atomic mass is 10.1. The Morgan fingerprint density at radius 3 is 2.24 bits per heavy atom. The number of nitrogens with one attached hydrogen (secondary N) is 1. The number of carbonyl (C=O) groups excluding carboxylic acids is 2. The van der Waals surface area contributed by atoms with Crippen LogP contribution in [0.25, 0.3) is 0 Å². The number of benzene rings is 2. The zero-order valence-electron chi connectivity index (χ0n) is 17.4. The Bertz CT molecular complexity index is 801. The predicted molar refractivity (Wildman–Crippen MR) is 116 cm³/mol. The molecule has 0 spiro atoms. The summed E-state index contributed by atoms with van der Waals surface area (Å²) < 4.78 is 5.64. The summed E-state index contributed by atoms with van der Waals surface area (Å²) in [7, 11) is 0. The summed E-state index contributed by atoms with van der Waals surface area (Å²) in [6.07, 6.45) is 0.493. The number of hydrogen-bond acceptors (Lipinski definition) is 3. The fourth-order valence-electron chi connectivity index (χ4n) is 2.90. The molecule has 0 heterocycles. The molecule has 1 N–H and O–H groups in total. The Balaban J connectivity index is 2.21. The summed E-state index contributed by atoms with van der Waals surface area (Å²) in [5.74, 6) is 0.182. The van der Waals surface area contributed by atoms with Gasteiger partial charge in [0.2, 0.25) is 5.91 Å². The van der Waals surface area contributed by atoms with Crippen molar-refractivity contribution in [1.82, 2.24) is 10.2 Å². The molecule has 2 rings (SSSR count). The van der Waals surface area contributed by atoms with Crippen molar-refractivity contribution in [2.75, 3.05) is 6.61 Å². The molecular formula is C23H29ClN2O3. The van der Waals surface area contributed by atoms with E-state index in [2.05, 4.69) is 5.32 Å². The monoisotopic (exact) mass is 416 g/mol. The molecule has 0 radical (unpaired) electrons. The minimum atomic E-state index is -0.600. The maximum absolute atomic E-state index is 13.1. The quantitative estimate of drug-likeness (QED) is 0.692. The summed E-state index contributed by atoms with van der Waals surface area (Å²) in [5.41, 5.74) is 0.504. The van der Waals surface area contributed by atoms with Crippen molar-refractivity contribution in [3.63, 3.8) is 0 Å². The van der Waals surface area contributed by atoms with Gasteiger partial charge in [-0.25, -0.2) is 0 Å². The van der Waals surface area contributed by atoms with E-state index in [1.165, 1.54) is 0 Å². The number of halogens is 1. The van der Waals surface area contributed by atoms with Crippen LogP contribution in [-0.2, 0) is 16.1 Å². The smallest absolute Gasteiger partial charge is 0.261 e. The molecule has 156 valence electrons. The molecule has 2 aromatic carbocycles. The van der Waals surface area contributed by atoms with E-state index in [1.807, 2.05) is 58.0 Å². The number of carbonyl (C=O) groups is 2. The SMILES string of the molecule is CC[C@@H](C(=O)NC(C)(C)C)N(Cc1ccc(Cl)cc1)C(=O)COc1ccccc1. The third-order valence-corrected chi connectivity index (χ3v) is 4.51. The number of hydrogen-bond donors (Lipinski definition) is 1. The van der Waals surface area contributed by atoms with Crippen LogP contribution in [0, 0.1) is 0 Å². The summed E-state index contributed by atoms with van der Waals surface area (Å²) in [6.45, 7) is 7.80. The largest absolute Gasteiger partial charge is 0.484 e. The van der Waals surface area contributed by atoms with Crippen molar-refractivity contribution in [1.29, 1.82) is 0 Å². The minimum absolute atomic E-state index is 0.142. The van der Waals surface area contributed by atoms with Crippen LogP contribution in [0.15, 0.2) is 54.6 Å². The third kappa shape index (κ3) is 7.42. The second kappa shape index (κ2) is 10.3. The second-order valence-electron chi connectivity index (χ2n) is 7.91. The average molecular weight is 417 g/mol. The highest BCUT2D eigenvalue weighted by Gasteiger charge is 2.30. The van der Waals surface area contributed by atoms with Gasteiger partial charge in [0.05, 0.1) is 0 Å². The topological polar surface area (TPSA) is 58.6 Å². The Hall–Kier alpha value is -2.53. The second-order valence-corrected chi connectivity index (χ2v) is 8.35. The molecule has 0 aliphatic carbocycles. The molecule has 0 saturated heterocycles. The molecule has 0 saturated carbocycles. The lowest BCUT2D eigenvalue weighted by molar-refractivity contribution is -0.143. The third-order valence-electron chi connectivity index (χ3n) is 4.26. The number of para-hydroxylation sites is 1. The van der Waals surface area contributed by atoms with Gasteiger partial charge in [0.25, 0.3) is 5.91 Å². The normalized spacial score (nSPS) is 12.2. The zero-order chi connectivity index (χ0) is 21.4. The lowest BCUT2D eigenvalue weighted by Crippen LogP contribution is -2.54. The first-order valence-corrected chi connectivity index (χ1v) is 10.1. The molecule has 0 fully saturated rings. The molecule has 0 aliphatic heterocycles. The van der Waals surface area contributed by atoms with Crippen LogP contribution in [-0.4, -0.2) is 34.9 Å². The Morgan fingerprint density at radius 1 is 1.07 bits per heavy atom. The van der Waals surface area contributed by atoms with Crippen molar-refractivity contribution in [3.8, 4) is 5.75 Å². The van der Waals surface area contributed by atoms with Crippen molar-refractivity contribution in [2.24, 2.45) is 0 Å². The van der Waals surface area contributed by atoms with E-state index in [9.17, 15) is 9.59 Å². The molecule has 0 aromatic heterocycles. The first-order chi connectivity index (χ1) is 13.7. The highest BCUT2D eigenvalue weighted by atomic mass is 35.5. The van der Waals surface area contributed by atoms with Crippen molar-refractivity contribution in [2.45, 2.75) is 52.2 Å². The number of nitrogens with zero attached hydrogens (tertiary/aromatic N) is 1. The molecule has 0 unspecified atom stereocenters. The van der Waals surface area contributed by atoms with Crippen LogP contribution in [0.1, 0.15) is 39.7 Å². The average Bonchev–Trinajstić information content (AvgIpc) is 2.67. The van der Waals surface area contributed by atoms with E-state index < -0.39 is 6.04 Å². The molecular weight excluding hydrogens is 388 g/mol. The summed E-state index contributed by atoms with van der Waals surface area (Å²) >= 11 is 5.98. The molecule has 2 aromatic rings. The molecule has 6 heteroatoms. The molecule has 0 bridgehead atoms. The van der Waals surface area contributed by atoms with Crippen LogP contribution in [0.3, 0.4) is 0 Å². The number of ether oxygens (including phenoxy) is 1. The standard InChI is InChI=1S/C23H29ClN2O3/c1-5-20(22(28)25-23(2,3)4)26(15-17-11-13-18(24)14-12-17)21(27)16-29-19-9-7-6-8-10-19/h6-14,20H,5,15-16H2,1-4H3,(H,25,28)/t20-/m0/s1. The van der Waals surface area contributed by atoms with Gasteiger partial charge >= 0.3 is 0 Å². The van der Waals surface area contributed by atoms with E-state index in [1.54, 1.807) is 29.2 Å². The van der Waals surface area contributed by atoms with Crippen LogP contribution in [0.4, 0.5) is 0 Å². The van der Waals surface area contributed by atoms with E-state index in [-0.39, 0.29) is 24.0 Å². The first-order valence-electron chi connectivity index (χ1n) is 9.73. The van der Waals surface area contributed by atoms with Gasteiger partial charge in [-0.2, -0.15) is 0 Å². The molecule has 0 aliphatic rings. The van der Waals surface area contributed by atoms with Crippen molar-refractivity contribution >= 4 is 23.4 Å². The maximum atomic E-state index is 13.1. The van der Waals surface area contributed by atoms with Gasteiger partial charge in [-0.1, -0.05) is 48.9 Å². The van der Waals surface area contributed by atoms with Gasteiger partial charge in [0.15, 0.2) is 6.61 Å². The van der Waals surface area contributed by atoms with Gasteiger partial charge in [-0.3, -0.25) is 9.59 Å². The van der Waals surface area contributed by atoms with Gasteiger partial charge in [0.1, 0.15) is 11.8 Å². The Kier molecular flexibility index (Phi) is 8.09. The number of rotatable bonds is 8. The highest BCUT2D eigenvalue weighted by molar-refractivity contribution is 6.30. The summed E-state index contributed by atoms with van der Waals surface area (Å²) in [5, 5.41) is 3.60. The van der Waals surface area contributed by atoms with Crippen molar-refractivity contribution in [3.05, 3.63) is 65.2 Å². The van der Waals surface area contributed by atoms with E-state index in [0.29, 0.717) is 23.7 Å². The van der Waals surface area contributed by atoms with Gasteiger partial charge in [-0.05, 0) is 57.0 Å². The van der Waals surface area contributed by atoms with Gasteiger partial charge < -0.3 is 15.0 Å². The minimum Gasteiger partial charge on any atom is -0.484 e. The van der Waals surface area contributed by atoms with Crippen LogP contribution in [0.5, 0.6) is 5.75 Å². The predicted octanol–water partition coefficient (Wildman–Crippen LogP) is 4.44. The number of amides is 2. The maximum Gasteiger partial charge on any atom is 0.261 e. The van der Waals surface area contributed by atoms with Crippen LogP contribution in [0.2, 0.25) is 5.02 Å². The Labute approximate surface area is 178 Å². The van der Waals surface area contributed by atoms with E-state index in [0.717, 1.165) is 5.56 Å². The lowest BCUT2D eigenvalue weighted by Gasteiger charge is -2.33. The Morgan fingerprint density at radius 2 is 1.69 bits per heavy atom. The fourth-order valence-corrected chi connectivity index (χ4v) is 3.03. The molecule has 29 heavy (non-hydrogen) atoms. The van der Waals surface area contributed by atoms with Gasteiger partial charge in [0, 0.05) is 17.1 Å². The van der Waals surface area contributed by atoms with Gasteiger partial charge in [-0.15, -0.1) is 0 Å². The van der Waals surface area contributed by atoms with Crippen molar-refractivity contribution < 1.29 is 14.3 Å². The molecule has 1 atom stereocenters. The summed E-state index contributed by atoms with van der Waals surface area (Å²) in [4.78, 5) is 27.5. The highest BCUT2D eigenvalue weighted by Crippen LogP contribution is 2.17. The van der Waals surface area contributed by atoms with Crippen LogP contribution < -0.4 is 10.1 Å². The first kappa shape index (κ1) is 22.8. The fraction of sp³-hybridized carbons (Fsp3) is 0.391. The van der Waals surface area contributed by atoms with Crippen LogP contribution >= 0.6 is 11.6 Å². The van der Waals surface area contributed by atoms with E-state index in [4.69, 9.17) is 16.3 Å². The van der Waals surface area contributed by atoms with E-state index >= 15 is 0 Å². The molecule has 5 nitrogen and oxygen atoms in total. The molecule has 2 amide bonds. The zero-order valence-corrected chi connectivity index (χ0v) is 18.2. The summed E-state index contributed by atoms with van der Waals surface area (Å²) in [6, 6.07) is 15.8.